The first-order valence-corrected chi connectivity index (χ1v) is 7.12. The highest BCUT2D eigenvalue weighted by atomic mass is 19.1. The van der Waals surface area contributed by atoms with Gasteiger partial charge in [-0.1, -0.05) is 12.1 Å². The predicted octanol–water partition coefficient (Wildman–Crippen LogP) is 1.78. The number of nitrogens with one attached hydrogen (secondary N) is 1. The number of nitrogens with zero attached hydrogens (tertiary/aromatic N) is 1. The molecule has 0 bridgehead atoms. The van der Waals surface area contributed by atoms with Gasteiger partial charge in [-0.2, -0.15) is 0 Å². The van der Waals surface area contributed by atoms with Crippen LogP contribution < -0.4 is 5.32 Å². The third kappa shape index (κ3) is 3.75. The van der Waals surface area contributed by atoms with Crippen molar-refractivity contribution in [2.45, 2.75) is 31.5 Å². The molecule has 19 heavy (non-hydrogen) atoms. The van der Waals surface area contributed by atoms with Gasteiger partial charge in [0.1, 0.15) is 5.82 Å². The van der Waals surface area contributed by atoms with E-state index in [1.54, 1.807) is 12.1 Å². The Bertz CT molecular complexity index is 422. The normalized spacial score (nSPS) is 24.6. The van der Waals surface area contributed by atoms with Crippen molar-refractivity contribution in [3.05, 3.63) is 35.6 Å². The largest absolute Gasteiger partial charge is 0.374 e. The van der Waals surface area contributed by atoms with Crippen molar-refractivity contribution < 1.29 is 9.13 Å². The molecule has 104 valence electrons. The molecular weight excluding hydrogens is 243 g/mol. The Morgan fingerprint density at radius 3 is 3.05 bits per heavy atom. The molecule has 4 heteroatoms. The molecule has 1 N–H and O–H groups in total. The van der Waals surface area contributed by atoms with Crippen molar-refractivity contribution >= 4 is 0 Å². The number of morpholine rings is 1. The summed E-state index contributed by atoms with van der Waals surface area (Å²) < 4.78 is 18.8. The first kappa shape index (κ1) is 13.0. The van der Waals surface area contributed by atoms with Crippen LogP contribution in [-0.4, -0.2) is 43.3 Å². The molecule has 0 amide bonds. The number of hydrogen-bond acceptors (Lipinski definition) is 3. The molecule has 1 saturated heterocycles. The number of rotatable bonds is 5. The van der Waals surface area contributed by atoms with Gasteiger partial charge in [0, 0.05) is 32.2 Å². The van der Waals surface area contributed by atoms with Gasteiger partial charge < -0.3 is 10.1 Å². The number of benzene rings is 1. The van der Waals surface area contributed by atoms with Gasteiger partial charge in [-0.3, -0.25) is 4.90 Å². The average Bonchev–Trinajstić information content (AvgIpc) is 3.23. The van der Waals surface area contributed by atoms with Crippen LogP contribution in [0, 0.1) is 5.82 Å². The molecule has 0 spiro atoms. The molecule has 3 rings (SSSR count). The Kier molecular flexibility index (Phi) is 4.11. The summed E-state index contributed by atoms with van der Waals surface area (Å²) in [6.07, 6.45) is 2.97. The van der Waals surface area contributed by atoms with Crippen LogP contribution in [0.1, 0.15) is 18.4 Å². The molecule has 0 radical (unpaired) electrons. The van der Waals surface area contributed by atoms with Crippen LogP contribution in [-0.2, 0) is 11.3 Å². The van der Waals surface area contributed by atoms with Crippen molar-refractivity contribution in [1.82, 2.24) is 10.2 Å². The van der Waals surface area contributed by atoms with Crippen molar-refractivity contribution in [2.75, 3.05) is 26.2 Å². The Morgan fingerprint density at radius 1 is 1.37 bits per heavy atom. The first-order chi connectivity index (χ1) is 9.31. The highest BCUT2D eigenvalue weighted by molar-refractivity contribution is 5.15. The van der Waals surface area contributed by atoms with Crippen molar-refractivity contribution in [1.29, 1.82) is 0 Å². The second-order valence-electron chi connectivity index (χ2n) is 5.48. The van der Waals surface area contributed by atoms with Crippen LogP contribution in [0.3, 0.4) is 0 Å². The second-order valence-corrected chi connectivity index (χ2v) is 5.48. The molecule has 1 aromatic carbocycles. The van der Waals surface area contributed by atoms with Crippen LogP contribution in [0.25, 0.3) is 0 Å². The second kappa shape index (κ2) is 5.99. The third-order valence-electron chi connectivity index (χ3n) is 3.82. The lowest BCUT2D eigenvalue weighted by Crippen LogP contribution is -2.47. The van der Waals surface area contributed by atoms with Gasteiger partial charge in [0.2, 0.25) is 0 Å². The SMILES string of the molecule is Fc1cccc(CNC[C@@H]2CN(C3CC3)CCO2)c1. The highest BCUT2D eigenvalue weighted by Crippen LogP contribution is 2.28. The summed E-state index contributed by atoms with van der Waals surface area (Å²) in [5.41, 5.74) is 0.981. The van der Waals surface area contributed by atoms with Gasteiger partial charge in [-0.25, -0.2) is 4.39 Å². The summed E-state index contributed by atoms with van der Waals surface area (Å²) in [4.78, 5) is 2.54. The van der Waals surface area contributed by atoms with E-state index in [4.69, 9.17) is 4.74 Å². The minimum absolute atomic E-state index is 0.173. The molecule has 1 aromatic rings. The van der Waals surface area contributed by atoms with Crippen LogP contribution in [0.4, 0.5) is 4.39 Å². The smallest absolute Gasteiger partial charge is 0.123 e. The summed E-state index contributed by atoms with van der Waals surface area (Å²) in [6.45, 7) is 4.47. The van der Waals surface area contributed by atoms with E-state index in [0.29, 0.717) is 6.54 Å². The topological polar surface area (TPSA) is 24.5 Å². The Hall–Kier alpha value is -0.970. The summed E-state index contributed by atoms with van der Waals surface area (Å²) >= 11 is 0. The van der Waals surface area contributed by atoms with Crippen LogP contribution in [0.2, 0.25) is 0 Å². The highest BCUT2D eigenvalue weighted by Gasteiger charge is 2.32. The molecule has 1 saturated carbocycles. The molecule has 3 nitrogen and oxygen atoms in total. The fourth-order valence-corrected chi connectivity index (χ4v) is 2.66. The summed E-state index contributed by atoms with van der Waals surface area (Å²) in [5, 5.41) is 3.36. The van der Waals surface area contributed by atoms with Crippen molar-refractivity contribution in [3.8, 4) is 0 Å². The minimum atomic E-state index is -0.173. The summed E-state index contributed by atoms with van der Waals surface area (Å²) in [5.74, 6) is -0.173. The van der Waals surface area contributed by atoms with E-state index >= 15 is 0 Å². The van der Waals surface area contributed by atoms with Gasteiger partial charge in [-0.05, 0) is 30.5 Å². The van der Waals surface area contributed by atoms with Crippen LogP contribution in [0.5, 0.6) is 0 Å². The maximum absolute atomic E-state index is 13.0. The molecule has 1 aliphatic carbocycles. The number of halogens is 1. The van der Waals surface area contributed by atoms with E-state index in [2.05, 4.69) is 10.2 Å². The first-order valence-electron chi connectivity index (χ1n) is 7.12. The lowest BCUT2D eigenvalue weighted by molar-refractivity contribution is -0.0301. The fraction of sp³-hybridized carbons (Fsp3) is 0.600. The molecular formula is C15H21FN2O. The predicted molar refractivity (Wildman–Crippen MR) is 72.4 cm³/mol. The Morgan fingerprint density at radius 2 is 2.26 bits per heavy atom. The third-order valence-corrected chi connectivity index (χ3v) is 3.82. The summed E-state index contributed by atoms with van der Waals surface area (Å²) in [6, 6.07) is 7.55. The van der Waals surface area contributed by atoms with E-state index < -0.39 is 0 Å². The average molecular weight is 264 g/mol. The summed E-state index contributed by atoms with van der Waals surface area (Å²) in [7, 11) is 0. The number of hydrogen-bond donors (Lipinski definition) is 1. The molecule has 0 aromatic heterocycles. The van der Waals surface area contributed by atoms with E-state index in [-0.39, 0.29) is 11.9 Å². The minimum Gasteiger partial charge on any atom is -0.374 e. The Labute approximate surface area is 113 Å². The molecule has 1 heterocycles. The molecule has 0 unspecified atom stereocenters. The quantitative estimate of drug-likeness (QED) is 0.877. The number of ether oxygens (including phenoxy) is 1. The van der Waals surface area contributed by atoms with E-state index in [0.717, 1.165) is 37.8 Å². The maximum atomic E-state index is 13.0. The van der Waals surface area contributed by atoms with Gasteiger partial charge in [0.25, 0.3) is 0 Å². The zero-order valence-electron chi connectivity index (χ0n) is 11.1. The van der Waals surface area contributed by atoms with Crippen LogP contribution >= 0.6 is 0 Å². The standard InChI is InChI=1S/C15H21FN2O/c16-13-3-1-2-12(8-13)9-17-10-15-11-18(6-7-19-15)14-4-5-14/h1-3,8,14-15,17H,4-7,9-11H2/t15-/m1/s1. The molecule has 2 fully saturated rings. The van der Waals surface area contributed by atoms with Crippen LogP contribution in [0.15, 0.2) is 24.3 Å². The maximum Gasteiger partial charge on any atom is 0.123 e. The van der Waals surface area contributed by atoms with Gasteiger partial charge in [0.15, 0.2) is 0 Å². The van der Waals surface area contributed by atoms with E-state index in [1.165, 1.54) is 18.9 Å². The molecule has 2 aliphatic rings. The Balaban J connectivity index is 1.41. The molecule has 1 atom stereocenters. The zero-order valence-corrected chi connectivity index (χ0v) is 11.1. The van der Waals surface area contributed by atoms with Gasteiger partial charge in [-0.15, -0.1) is 0 Å². The van der Waals surface area contributed by atoms with E-state index in [1.807, 2.05) is 6.07 Å². The lowest BCUT2D eigenvalue weighted by atomic mass is 10.2. The zero-order chi connectivity index (χ0) is 13.1. The van der Waals surface area contributed by atoms with Gasteiger partial charge in [0.05, 0.1) is 12.7 Å². The van der Waals surface area contributed by atoms with Crippen molar-refractivity contribution in [2.24, 2.45) is 0 Å². The van der Waals surface area contributed by atoms with Crippen molar-refractivity contribution in [3.63, 3.8) is 0 Å². The van der Waals surface area contributed by atoms with Gasteiger partial charge >= 0.3 is 0 Å². The lowest BCUT2D eigenvalue weighted by Gasteiger charge is -2.33. The molecule has 1 aliphatic heterocycles. The monoisotopic (exact) mass is 264 g/mol. The fourth-order valence-electron chi connectivity index (χ4n) is 2.66. The van der Waals surface area contributed by atoms with E-state index in [9.17, 15) is 4.39 Å².